The Bertz CT molecular complexity index is 300. The summed E-state index contributed by atoms with van der Waals surface area (Å²) >= 11 is 0. The van der Waals surface area contributed by atoms with Gasteiger partial charge in [0, 0.05) is 19.1 Å². The van der Waals surface area contributed by atoms with Gasteiger partial charge in [0.2, 0.25) is 5.91 Å². The van der Waals surface area contributed by atoms with E-state index < -0.39 is 0 Å². The van der Waals surface area contributed by atoms with Gasteiger partial charge in [0.1, 0.15) is 0 Å². The SMILES string of the molecule is CCN1CCCN(CC(=O)NC2CCCCCCC2)CC1. The maximum atomic E-state index is 12.3. The maximum Gasteiger partial charge on any atom is 0.234 e. The summed E-state index contributed by atoms with van der Waals surface area (Å²) < 4.78 is 0. The quantitative estimate of drug-likeness (QED) is 0.864. The molecule has 122 valence electrons. The van der Waals surface area contributed by atoms with Gasteiger partial charge in [0.05, 0.1) is 6.54 Å². The average Bonchev–Trinajstić information content (AvgIpc) is 2.67. The van der Waals surface area contributed by atoms with Crippen molar-refractivity contribution in [3.63, 3.8) is 0 Å². The number of nitrogens with zero attached hydrogens (tertiary/aromatic N) is 2. The smallest absolute Gasteiger partial charge is 0.234 e. The molecule has 1 amide bonds. The van der Waals surface area contributed by atoms with Crippen molar-refractivity contribution < 1.29 is 4.79 Å². The van der Waals surface area contributed by atoms with Crippen LogP contribution in [0.1, 0.15) is 58.3 Å². The molecule has 2 aliphatic rings. The molecule has 0 atom stereocenters. The molecule has 1 saturated heterocycles. The number of rotatable bonds is 4. The van der Waals surface area contributed by atoms with Crippen molar-refractivity contribution in [1.29, 1.82) is 0 Å². The molecule has 0 spiro atoms. The highest BCUT2D eigenvalue weighted by atomic mass is 16.2. The van der Waals surface area contributed by atoms with Gasteiger partial charge in [0.25, 0.3) is 0 Å². The molecule has 0 bridgehead atoms. The first-order valence-electron chi connectivity index (χ1n) is 9.02. The molecule has 0 radical (unpaired) electrons. The van der Waals surface area contributed by atoms with Gasteiger partial charge in [-0.15, -0.1) is 0 Å². The third-order valence-corrected chi connectivity index (χ3v) is 4.97. The lowest BCUT2D eigenvalue weighted by Crippen LogP contribution is -2.43. The summed E-state index contributed by atoms with van der Waals surface area (Å²) in [6.45, 7) is 8.32. The number of carbonyl (C=O) groups excluding carboxylic acids is 1. The van der Waals surface area contributed by atoms with Crippen LogP contribution in [0, 0.1) is 0 Å². The molecule has 4 heteroatoms. The second-order valence-corrected chi connectivity index (χ2v) is 6.67. The molecule has 1 N–H and O–H groups in total. The zero-order chi connectivity index (χ0) is 14.9. The minimum atomic E-state index is 0.241. The normalized spacial score (nSPS) is 24.0. The van der Waals surface area contributed by atoms with Gasteiger partial charge in [-0.3, -0.25) is 9.69 Å². The Morgan fingerprint density at radius 2 is 1.52 bits per heavy atom. The third kappa shape index (κ3) is 6.35. The van der Waals surface area contributed by atoms with Crippen LogP contribution in [0.4, 0.5) is 0 Å². The van der Waals surface area contributed by atoms with E-state index in [1.165, 1.54) is 57.9 Å². The summed E-state index contributed by atoms with van der Waals surface area (Å²) in [7, 11) is 0. The standard InChI is InChI=1S/C17H33N3O/c1-2-19-11-8-12-20(14-13-19)15-17(21)18-16-9-6-4-3-5-7-10-16/h16H,2-15H2,1H3,(H,18,21). The third-order valence-electron chi connectivity index (χ3n) is 4.97. The molecule has 0 aromatic carbocycles. The first-order chi connectivity index (χ1) is 10.3. The van der Waals surface area contributed by atoms with Crippen LogP contribution < -0.4 is 5.32 Å². The predicted molar refractivity (Wildman–Crippen MR) is 87.4 cm³/mol. The molecule has 2 fully saturated rings. The van der Waals surface area contributed by atoms with Gasteiger partial charge in [-0.1, -0.05) is 39.0 Å². The van der Waals surface area contributed by atoms with Crippen LogP contribution in [-0.4, -0.2) is 61.0 Å². The molecular formula is C17H33N3O. The zero-order valence-electron chi connectivity index (χ0n) is 13.8. The molecule has 1 saturated carbocycles. The van der Waals surface area contributed by atoms with Crippen LogP contribution >= 0.6 is 0 Å². The van der Waals surface area contributed by atoms with Crippen LogP contribution in [0.2, 0.25) is 0 Å². The van der Waals surface area contributed by atoms with Crippen molar-refractivity contribution in [1.82, 2.24) is 15.1 Å². The zero-order valence-corrected chi connectivity index (χ0v) is 13.8. The molecule has 21 heavy (non-hydrogen) atoms. The molecule has 1 aliphatic carbocycles. The van der Waals surface area contributed by atoms with Crippen molar-refractivity contribution in [2.45, 2.75) is 64.3 Å². The molecule has 1 aliphatic heterocycles. The lowest BCUT2D eigenvalue weighted by molar-refractivity contribution is -0.123. The summed E-state index contributed by atoms with van der Waals surface area (Å²) in [5.41, 5.74) is 0. The van der Waals surface area contributed by atoms with Crippen LogP contribution in [-0.2, 0) is 4.79 Å². The van der Waals surface area contributed by atoms with Gasteiger partial charge in [0.15, 0.2) is 0 Å². The number of likely N-dealkylation sites (N-methyl/N-ethyl adjacent to an activating group) is 1. The van der Waals surface area contributed by atoms with E-state index in [1.807, 2.05) is 0 Å². The van der Waals surface area contributed by atoms with Crippen LogP contribution in [0.5, 0.6) is 0 Å². The molecule has 4 nitrogen and oxygen atoms in total. The Kier molecular flexibility index (Phi) is 7.51. The van der Waals surface area contributed by atoms with E-state index in [4.69, 9.17) is 0 Å². The highest BCUT2D eigenvalue weighted by molar-refractivity contribution is 5.78. The van der Waals surface area contributed by atoms with Gasteiger partial charge >= 0.3 is 0 Å². The van der Waals surface area contributed by atoms with Crippen LogP contribution in [0.15, 0.2) is 0 Å². The van der Waals surface area contributed by atoms with Crippen molar-refractivity contribution in [3.05, 3.63) is 0 Å². The molecule has 0 aromatic rings. The van der Waals surface area contributed by atoms with E-state index in [-0.39, 0.29) is 5.91 Å². The fraction of sp³-hybridized carbons (Fsp3) is 0.941. The number of carbonyl (C=O) groups is 1. The van der Waals surface area contributed by atoms with Crippen molar-refractivity contribution in [2.75, 3.05) is 39.3 Å². The Labute approximate surface area is 130 Å². The average molecular weight is 295 g/mol. The molecule has 0 aromatic heterocycles. The Hall–Kier alpha value is -0.610. The maximum absolute atomic E-state index is 12.3. The summed E-state index contributed by atoms with van der Waals surface area (Å²) in [5.74, 6) is 0.241. The Morgan fingerprint density at radius 1 is 0.905 bits per heavy atom. The summed E-state index contributed by atoms with van der Waals surface area (Å²) in [6.07, 6.45) is 10.1. The van der Waals surface area contributed by atoms with Crippen molar-refractivity contribution in [2.24, 2.45) is 0 Å². The first kappa shape index (κ1) is 16.8. The molecule has 1 heterocycles. The topological polar surface area (TPSA) is 35.6 Å². The lowest BCUT2D eigenvalue weighted by atomic mass is 9.97. The summed E-state index contributed by atoms with van der Waals surface area (Å²) in [5, 5.41) is 3.29. The minimum absolute atomic E-state index is 0.241. The monoisotopic (exact) mass is 295 g/mol. The van der Waals surface area contributed by atoms with Crippen molar-refractivity contribution in [3.8, 4) is 0 Å². The first-order valence-corrected chi connectivity index (χ1v) is 9.02. The van der Waals surface area contributed by atoms with Crippen molar-refractivity contribution >= 4 is 5.91 Å². The van der Waals surface area contributed by atoms with E-state index in [9.17, 15) is 4.79 Å². The number of nitrogens with one attached hydrogen (secondary N) is 1. The van der Waals surface area contributed by atoms with E-state index in [2.05, 4.69) is 22.0 Å². The van der Waals surface area contributed by atoms with Gasteiger partial charge in [-0.05, 0) is 38.9 Å². The van der Waals surface area contributed by atoms with E-state index in [0.717, 1.165) is 26.2 Å². The largest absolute Gasteiger partial charge is 0.352 e. The van der Waals surface area contributed by atoms with Crippen LogP contribution in [0.3, 0.4) is 0 Å². The second-order valence-electron chi connectivity index (χ2n) is 6.67. The lowest BCUT2D eigenvalue weighted by Gasteiger charge is -2.24. The Balaban J connectivity index is 1.70. The highest BCUT2D eigenvalue weighted by Gasteiger charge is 2.18. The van der Waals surface area contributed by atoms with Gasteiger partial charge < -0.3 is 10.2 Å². The highest BCUT2D eigenvalue weighted by Crippen LogP contribution is 2.17. The van der Waals surface area contributed by atoms with E-state index in [0.29, 0.717) is 12.6 Å². The van der Waals surface area contributed by atoms with Gasteiger partial charge in [-0.2, -0.15) is 0 Å². The summed E-state index contributed by atoms with van der Waals surface area (Å²) in [6, 6.07) is 0.428. The Morgan fingerprint density at radius 3 is 2.24 bits per heavy atom. The fourth-order valence-corrected chi connectivity index (χ4v) is 3.58. The summed E-state index contributed by atoms with van der Waals surface area (Å²) in [4.78, 5) is 17.1. The number of amides is 1. The number of hydrogen-bond donors (Lipinski definition) is 1. The molecule has 0 unspecified atom stereocenters. The van der Waals surface area contributed by atoms with E-state index in [1.54, 1.807) is 0 Å². The predicted octanol–water partition coefficient (Wildman–Crippen LogP) is 2.24. The number of hydrogen-bond acceptors (Lipinski definition) is 3. The molecular weight excluding hydrogens is 262 g/mol. The second kappa shape index (κ2) is 9.42. The molecule has 2 rings (SSSR count). The van der Waals surface area contributed by atoms with Crippen LogP contribution in [0.25, 0.3) is 0 Å². The van der Waals surface area contributed by atoms with E-state index >= 15 is 0 Å². The fourth-order valence-electron chi connectivity index (χ4n) is 3.58. The minimum Gasteiger partial charge on any atom is -0.352 e. The van der Waals surface area contributed by atoms with Gasteiger partial charge in [-0.25, -0.2) is 0 Å².